The SMILES string of the molecule is Cc1cccc(Nc2cc(Nc3ncccc3C#N)ncn2)n1. The third kappa shape index (κ3) is 3.57. The Morgan fingerprint density at radius 3 is 2.57 bits per heavy atom. The van der Waals surface area contributed by atoms with Gasteiger partial charge in [-0.3, -0.25) is 0 Å². The van der Waals surface area contributed by atoms with E-state index in [-0.39, 0.29) is 0 Å². The molecule has 0 aliphatic carbocycles. The van der Waals surface area contributed by atoms with Gasteiger partial charge >= 0.3 is 0 Å². The molecule has 0 radical (unpaired) electrons. The van der Waals surface area contributed by atoms with Crippen molar-refractivity contribution in [2.24, 2.45) is 0 Å². The van der Waals surface area contributed by atoms with Gasteiger partial charge in [0.15, 0.2) is 0 Å². The zero-order valence-electron chi connectivity index (χ0n) is 12.4. The van der Waals surface area contributed by atoms with E-state index in [1.165, 1.54) is 6.33 Å². The van der Waals surface area contributed by atoms with Gasteiger partial charge in [-0.1, -0.05) is 6.07 Å². The third-order valence-electron chi connectivity index (χ3n) is 2.99. The van der Waals surface area contributed by atoms with E-state index in [2.05, 4.69) is 36.6 Å². The van der Waals surface area contributed by atoms with Crippen LogP contribution in [0.25, 0.3) is 0 Å². The molecule has 3 aromatic rings. The average Bonchev–Trinajstić information content (AvgIpc) is 2.56. The molecule has 7 nitrogen and oxygen atoms in total. The van der Waals surface area contributed by atoms with Gasteiger partial charge in [0, 0.05) is 18.0 Å². The van der Waals surface area contributed by atoms with Crippen LogP contribution < -0.4 is 10.6 Å². The van der Waals surface area contributed by atoms with Crippen LogP contribution in [0.2, 0.25) is 0 Å². The average molecular weight is 303 g/mol. The van der Waals surface area contributed by atoms with Crippen molar-refractivity contribution >= 4 is 23.3 Å². The Balaban J connectivity index is 1.81. The molecule has 23 heavy (non-hydrogen) atoms. The molecule has 0 amide bonds. The number of nitrogens with zero attached hydrogens (tertiary/aromatic N) is 5. The lowest BCUT2D eigenvalue weighted by Gasteiger charge is -2.08. The Kier molecular flexibility index (Phi) is 4.07. The van der Waals surface area contributed by atoms with Gasteiger partial charge in [0.2, 0.25) is 0 Å². The molecule has 0 bridgehead atoms. The highest BCUT2D eigenvalue weighted by atomic mass is 15.1. The first kappa shape index (κ1) is 14.4. The summed E-state index contributed by atoms with van der Waals surface area (Å²) >= 11 is 0. The van der Waals surface area contributed by atoms with Crippen LogP contribution in [-0.4, -0.2) is 19.9 Å². The van der Waals surface area contributed by atoms with Gasteiger partial charge in [-0.05, 0) is 31.2 Å². The van der Waals surface area contributed by atoms with Gasteiger partial charge in [-0.2, -0.15) is 5.26 Å². The van der Waals surface area contributed by atoms with E-state index < -0.39 is 0 Å². The van der Waals surface area contributed by atoms with Crippen molar-refractivity contribution in [1.29, 1.82) is 5.26 Å². The fraction of sp³-hybridized carbons (Fsp3) is 0.0625. The van der Waals surface area contributed by atoms with E-state index in [0.717, 1.165) is 5.69 Å². The molecule has 2 N–H and O–H groups in total. The van der Waals surface area contributed by atoms with E-state index in [4.69, 9.17) is 5.26 Å². The monoisotopic (exact) mass is 303 g/mol. The number of nitriles is 1. The fourth-order valence-electron chi connectivity index (χ4n) is 1.95. The first-order valence-electron chi connectivity index (χ1n) is 6.89. The predicted octanol–water partition coefficient (Wildman–Crippen LogP) is 2.93. The van der Waals surface area contributed by atoms with Crippen LogP contribution in [0.15, 0.2) is 48.9 Å². The molecule has 0 aromatic carbocycles. The van der Waals surface area contributed by atoms with E-state index >= 15 is 0 Å². The standard InChI is InChI=1S/C16H13N7/c1-11-4-2-6-13(21-11)22-14-8-15(20-10-19-14)23-16-12(9-17)5-3-7-18-16/h2-8,10H,1H3,(H2,18,19,20,21,22,23). The summed E-state index contributed by atoms with van der Waals surface area (Å²) in [7, 11) is 0. The quantitative estimate of drug-likeness (QED) is 0.764. The summed E-state index contributed by atoms with van der Waals surface area (Å²) in [6.07, 6.45) is 3.04. The molecule has 0 atom stereocenters. The van der Waals surface area contributed by atoms with Crippen LogP contribution in [0.1, 0.15) is 11.3 Å². The zero-order chi connectivity index (χ0) is 16.1. The Hall–Kier alpha value is -3.53. The first-order valence-corrected chi connectivity index (χ1v) is 6.89. The van der Waals surface area contributed by atoms with Gasteiger partial charge in [-0.25, -0.2) is 19.9 Å². The van der Waals surface area contributed by atoms with Crippen LogP contribution in [0.5, 0.6) is 0 Å². The summed E-state index contributed by atoms with van der Waals surface area (Å²) in [5.41, 5.74) is 1.36. The molecule has 0 saturated heterocycles. The van der Waals surface area contributed by atoms with Crippen molar-refractivity contribution < 1.29 is 0 Å². The molecular formula is C16H13N7. The lowest BCUT2D eigenvalue weighted by Crippen LogP contribution is -2.02. The number of aromatic nitrogens is 4. The highest BCUT2D eigenvalue weighted by Gasteiger charge is 2.05. The van der Waals surface area contributed by atoms with Crippen LogP contribution >= 0.6 is 0 Å². The minimum Gasteiger partial charge on any atom is -0.325 e. The lowest BCUT2D eigenvalue weighted by molar-refractivity contribution is 1.14. The number of nitrogens with one attached hydrogen (secondary N) is 2. The van der Waals surface area contributed by atoms with Crippen molar-refractivity contribution in [2.75, 3.05) is 10.6 Å². The van der Waals surface area contributed by atoms with Crippen molar-refractivity contribution in [1.82, 2.24) is 19.9 Å². The molecule has 0 aliphatic rings. The lowest BCUT2D eigenvalue weighted by atomic mass is 10.3. The van der Waals surface area contributed by atoms with Gasteiger partial charge < -0.3 is 10.6 Å². The Labute approximate surface area is 133 Å². The van der Waals surface area contributed by atoms with Gasteiger partial charge in [0.05, 0.1) is 5.56 Å². The zero-order valence-corrected chi connectivity index (χ0v) is 12.4. The second kappa shape index (κ2) is 6.49. The summed E-state index contributed by atoms with van der Waals surface area (Å²) < 4.78 is 0. The summed E-state index contributed by atoms with van der Waals surface area (Å²) in [5, 5.41) is 15.2. The van der Waals surface area contributed by atoms with Crippen molar-refractivity contribution in [3.8, 4) is 6.07 Å². The molecule has 0 aliphatic heterocycles. The Morgan fingerprint density at radius 2 is 1.78 bits per heavy atom. The van der Waals surface area contributed by atoms with Crippen LogP contribution in [0, 0.1) is 18.3 Å². The van der Waals surface area contributed by atoms with Gasteiger partial charge in [0.25, 0.3) is 0 Å². The second-order valence-electron chi connectivity index (χ2n) is 4.71. The van der Waals surface area contributed by atoms with Crippen LogP contribution in [0.3, 0.4) is 0 Å². The topological polar surface area (TPSA) is 99.4 Å². The molecular weight excluding hydrogens is 290 g/mol. The summed E-state index contributed by atoms with van der Waals surface area (Å²) in [5.74, 6) is 2.28. The normalized spacial score (nSPS) is 9.91. The molecule has 0 fully saturated rings. The third-order valence-corrected chi connectivity index (χ3v) is 2.99. The molecule has 0 spiro atoms. The highest BCUT2D eigenvalue weighted by Crippen LogP contribution is 2.19. The Bertz CT molecular complexity index is 870. The predicted molar refractivity (Wildman–Crippen MR) is 86.5 cm³/mol. The van der Waals surface area contributed by atoms with Crippen molar-refractivity contribution in [3.63, 3.8) is 0 Å². The summed E-state index contributed by atoms with van der Waals surface area (Å²) in [6.45, 7) is 1.92. The number of hydrogen-bond acceptors (Lipinski definition) is 7. The van der Waals surface area contributed by atoms with E-state index in [9.17, 15) is 0 Å². The van der Waals surface area contributed by atoms with Crippen LogP contribution in [-0.2, 0) is 0 Å². The molecule has 3 aromatic heterocycles. The van der Waals surface area contributed by atoms with E-state index in [1.54, 1.807) is 24.4 Å². The second-order valence-corrected chi connectivity index (χ2v) is 4.71. The van der Waals surface area contributed by atoms with Crippen molar-refractivity contribution in [2.45, 2.75) is 6.92 Å². The summed E-state index contributed by atoms with van der Waals surface area (Å²) in [4.78, 5) is 16.8. The molecule has 0 saturated carbocycles. The molecule has 3 rings (SSSR count). The minimum atomic E-state index is 0.445. The van der Waals surface area contributed by atoms with E-state index in [1.807, 2.05) is 25.1 Å². The van der Waals surface area contributed by atoms with Crippen molar-refractivity contribution in [3.05, 3.63) is 60.2 Å². The maximum Gasteiger partial charge on any atom is 0.149 e. The van der Waals surface area contributed by atoms with Gasteiger partial charge in [-0.15, -0.1) is 0 Å². The number of anilines is 4. The Morgan fingerprint density at radius 1 is 0.957 bits per heavy atom. The molecule has 3 heterocycles. The highest BCUT2D eigenvalue weighted by molar-refractivity contribution is 5.63. The maximum atomic E-state index is 9.09. The number of aryl methyl sites for hydroxylation is 1. The van der Waals surface area contributed by atoms with E-state index in [0.29, 0.717) is 28.8 Å². The molecule has 7 heteroatoms. The maximum absolute atomic E-state index is 9.09. The number of pyridine rings is 2. The largest absolute Gasteiger partial charge is 0.325 e. The molecule has 0 unspecified atom stereocenters. The smallest absolute Gasteiger partial charge is 0.149 e. The number of hydrogen-bond donors (Lipinski definition) is 2. The minimum absolute atomic E-state index is 0.445. The van der Waals surface area contributed by atoms with Crippen LogP contribution in [0.4, 0.5) is 23.3 Å². The van der Waals surface area contributed by atoms with Gasteiger partial charge in [0.1, 0.15) is 35.7 Å². The first-order chi connectivity index (χ1) is 11.2. The molecule has 112 valence electrons. The summed E-state index contributed by atoms with van der Waals surface area (Å²) in [6, 6.07) is 12.9. The fourth-order valence-corrected chi connectivity index (χ4v) is 1.95. The number of rotatable bonds is 4.